The van der Waals surface area contributed by atoms with Gasteiger partial charge in [0.25, 0.3) is 5.91 Å². The molecule has 2 aromatic carbocycles. The molecule has 0 aromatic heterocycles. The predicted octanol–water partition coefficient (Wildman–Crippen LogP) is 3.52. The Balaban J connectivity index is 1.85. The molecular formula is C17H15NO2S. The van der Waals surface area contributed by atoms with Crippen molar-refractivity contribution >= 4 is 28.2 Å². The number of benzene rings is 2. The number of rotatable bonds is 3. The maximum Gasteiger partial charge on any atom is 0.265 e. The highest BCUT2D eigenvalue weighted by molar-refractivity contribution is 8.13. The number of carbonyl (C=O) groups excluding carboxylic acids is 2. The van der Waals surface area contributed by atoms with E-state index >= 15 is 0 Å². The summed E-state index contributed by atoms with van der Waals surface area (Å²) in [6, 6.07) is 15.0. The van der Waals surface area contributed by atoms with Crippen LogP contribution in [0.15, 0.2) is 53.4 Å². The van der Waals surface area contributed by atoms with E-state index in [9.17, 15) is 9.59 Å². The summed E-state index contributed by atoms with van der Waals surface area (Å²) in [7, 11) is -0.463. The van der Waals surface area contributed by atoms with Gasteiger partial charge in [-0.3, -0.25) is 13.9 Å². The third-order valence-corrected chi connectivity index (χ3v) is 5.24. The van der Waals surface area contributed by atoms with E-state index in [1.807, 2.05) is 36.4 Å². The van der Waals surface area contributed by atoms with Crippen LogP contribution in [0, 0.1) is 0 Å². The summed E-state index contributed by atoms with van der Waals surface area (Å²) in [5.41, 5.74) is 2.43. The zero-order valence-corrected chi connectivity index (χ0v) is 12.5. The third-order valence-electron chi connectivity index (χ3n) is 3.55. The Bertz CT molecular complexity index is 715. The Hall–Kier alpha value is -2.20. The molecule has 0 N–H and O–H groups in total. The first-order valence-corrected chi connectivity index (χ1v) is 7.98. The number of hydrogen-bond donors (Lipinski definition) is 0. The highest BCUT2D eigenvalue weighted by atomic mass is 32.2. The lowest BCUT2D eigenvalue weighted by atomic mass is 10.1. The standard InChI is InChI=1S/C17H15NO2S/c1-12(19)14-9-7-13(8-10-14)11-18-17(20)15-5-3-4-6-16(15)21(18)2/h3-10H,2,11H2,1H3. The summed E-state index contributed by atoms with van der Waals surface area (Å²) in [5, 5.41) is 0. The SMILES string of the molecule is C=S1c2ccccc2C(=O)N1Cc1ccc(C(C)=O)cc1. The second-order valence-corrected chi connectivity index (χ2v) is 6.57. The van der Waals surface area contributed by atoms with Crippen LogP contribution in [0.1, 0.15) is 33.2 Å². The second-order valence-electron chi connectivity index (χ2n) is 4.96. The quantitative estimate of drug-likeness (QED) is 0.642. The molecule has 106 valence electrons. The molecule has 2 aromatic rings. The fourth-order valence-electron chi connectivity index (χ4n) is 2.36. The summed E-state index contributed by atoms with van der Waals surface area (Å²) in [5.74, 6) is 4.20. The van der Waals surface area contributed by atoms with Gasteiger partial charge in [0.2, 0.25) is 0 Å². The molecule has 0 saturated heterocycles. The van der Waals surface area contributed by atoms with Crippen molar-refractivity contribution in [2.24, 2.45) is 0 Å². The van der Waals surface area contributed by atoms with Gasteiger partial charge in [0.05, 0.1) is 12.1 Å². The fourth-order valence-corrected chi connectivity index (χ4v) is 3.85. The first kappa shape index (κ1) is 13.8. The average molecular weight is 297 g/mol. The fraction of sp³-hybridized carbons (Fsp3) is 0.118. The van der Waals surface area contributed by atoms with E-state index in [-0.39, 0.29) is 11.7 Å². The van der Waals surface area contributed by atoms with Crippen molar-refractivity contribution in [1.29, 1.82) is 0 Å². The van der Waals surface area contributed by atoms with Gasteiger partial charge in [0, 0.05) is 10.5 Å². The van der Waals surface area contributed by atoms with E-state index < -0.39 is 10.7 Å². The van der Waals surface area contributed by atoms with E-state index in [1.54, 1.807) is 23.4 Å². The topological polar surface area (TPSA) is 37.4 Å². The number of ketones is 1. The molecule has 1 aliphatic heterocycles. The molecular weight excluding hydrogens is 282 g/mol. The normalized spacial score (nSPS) is 16.9. The molecule has 4 heteroatoms. The van der Waals surface area contributed by atoms with E-state index in [1.165, 1.54) is 0 Å². The zero-order valence-electron chi connectivity index (χ0n) is 11.7. The van der Waals surface area contributed by atoms with Gasteiger partial charge in [0.1, 0.15) is 0 Å². The minimum absolute atomic E-state index is 0.0274. The first-order valence-electron chi connectivity index (χ1n) is 6.63. The molecule has 3 nitrogen and oxygen atoms in total. The van der Waals surface area contributed by atoms with Crippen LogP contribution in [0.4, 0.5) is 0 Å². The maximum atomic E-state index is 12.4. The van der Waals surface area contributed by atoms with Gasteiger partial charge >= 0.3 is 0 Å². The Morgan fingerprint density at radius 2 is 1.81 bits per heavy atom. The largest absolute Gasteiger partial charge is 0.295 e. The Morgan fingerprint density at radius 3 is 2.43 bits per heavy atom. The van der Waals surface area contributed by atoms with Crippen LogP contribution in [0.3, 0.4) is 0 Å². The molecule has 0 fully saturated rings. The van der Waals surface area contributed by atoms with Gasteiger partial charge in [-0.15, -0.1) is 0 Å². The predicted molar refractivity (Wildman–Crippen MR) is 85.7 cm³/mol. The van der Waals surface area contributed by atoms with E-state index in [0.29, 0.717) is 12.1 Å². The van der Waals surface area contributed by atoms with Gasteiger partial charge in [-0.1, -0.05) is 52.9 Å². The average Bonchev–Trinajstić information content (AvgIpc) is 2.73. The molecule has 1 heterocycles. The van der Waals surface area contributed by atoms with Gasteiger partial charge in [-0.2, -0.15) is 0 Å². The minimum Gasteiger partial charge on any atom is -0.295 e. The van der Waals surface area contributed by atoms with Gasteiger partial charge in [-0.25, -0.2) is 0 Å². The van der Waals surface area contributed by atoms with Crippen LogP contribution >= 0.6 is 10.7 Å². The van der Waals surface area contributed by atoms with Crippen molar-refractivity contribution in [2.45, 2.75) is 18.4 Å². The Kier molecular flexibility index (Phi) is 3.47. The molecule has 0 aliphatic carbocycles. The van der Waals surface area contributed by atoms with Crippen molar-refractivity contribution in [1.82, 2.24) is 4.31 Å². The van der Waals surface area contributed by atoms with Gasteiger partial charge in [-0.05, 0) is 24.6 Å². The number of amides is 1. The van der Waals surface area contributed by atoms with Crippen LogP contribution in [0.2, 0.25) is 0 Å². The minimum atomic E-state index is -0.463. The van der Waals surface area contributed by atoms with Crippen LogP contribution < -0.4 is 0 Å². The molecule has 1 unspecified atom stereocenters. The summed E-state index contributed by atoms with van der Waals surface area (Å²) >= 11 is 0. The van der Waals surface area contributed by atoms with Gasteiger partial charge in [0.15, 0.2) is 5.78 Å². The number of carbonyl (C=O) groups is 2. The first-order chi connectivity index (χ1) is 10.1. The zero-order chi connectivity index (χ0) is 15.0. The number of fused-ring (bicyclic) bond motifs is 1. The Morgan fingerprint density at radius 1 is 1.14 bits per heavy atom. The number of Topliss-reactive ketones (excluding diaryl/α,β-unsaturated/α-hetero) is 1. The molecule has 0 saturated carbocycles. The van der Waals surface area contributed by atoms with Crippen molar-refractivity contribution in [3.63, 3.8) is 0 Å². The summed E-state index contributed by atoms with van der Waals surface area (Å²) in [4.78, 5) is 24.7. The van der Waals surface area contributed by atoms with Crippen molar-refractivity contribution in [3.8, 4) is 0 Å². The Labute approximate surface area is 126 Å². The highest BCUT2D eigenvalue weighted by Gasteiger charge is 2.29. The molecule has 0 radical (unpaired) electrons. The number of hydrogen-bond acceptors (Lipinski definition) is 2. The van der Waals surface area contributed by atoms with Crippen molar-refractivity contribution in [3.05, 3.63) is 65.2 Å². The smallest absolute Gasteiger partial charge is 0.265 e. The second kappa shape index (κ2) is 5.30. The number of nitrogens with zero attached hydrogens (tertiary/aromatic N) is 1. The van der Waals surface area contributed by atoms with Crippen molar-refractivity contribution in [2.75, 3.05) is 0 Å². The third kappa shape index (κ3) is 2.43. The molecule has 1 aliphatic rings. The lowest BCUT2D eigenvalue weighted by Gasteiger charge is -2.18. The van der Waals surface area contributed by atoms with E-state index in [2.05, 4.69) is 5.87 Å². The lowest BCUT2D eigenvalue weighted by Crippen LogP contribution is -2.19. The van der Waals surface area contributed by atoms with Crippen LogP contribution in [0.5, 0.6) is 0 Å². The molecule has 1 atom stereocenters. The molecule has 0 spiro atoms. The van der Waals surface area contributed by atoms with E-state index in [0.717, 1.165) is 16.0 Å². The van der Waals surface area contributed by atoms with Crippen LogP contribution in [-0.2, 0) is 6.54 Å². The molecule has 3 rings (SSSR count). The van der Waals surface area contributed by atoms with Gasteiger partial charge < -0.3 is 0 Å². The molecule has 0 bridgehead atoms. The molecule has 1 amide bonds. The summed E-state index contributed by atoms with van der Waals surface area (Å²) < 4.78 is 1.79. The summed E-state index contributed by atoms with van der Waals surface area (Å²) in [6.45, 7) is 2.06. The maximum absolute atomic E-state index is 12.4. The monoisotopic (exact) mass is 297 g/mol. The van der Waals surface area contributed by atoms with Crippen LogP contribution in [-0.4, -0.2) is 21.9 Å². The van der Waals surface area contributed by atoms with Crippen molar-refractivity contribution < 1.29 is 9.59 Å². The summed E-state index contributed by atoms with van der Waals surface area (Å²) in [6.07, 6.45) is 0. The lowest BCUT2D eigenvalue weighted by molar-refractivity contribution is 0.0872. The van der Waals surface area contributed by atoms with E-state index in [4.69, 9.17) is 0 Å². The highest BCUT2D eigenvalue weighted by Crippen LogP contribution is 2.41. The molecule has 21 heavy (non-hydrogen) atoms. The van der Waals surface area contributed by atoms with Crippen LogP contribution in [0.25, 0.3) is 0 Å².